The van der Waals surface area contributed by atoms with Crippen molar-refractivity contribution in [3.05, 3.63) is 24.5 Å². The first-order valence-electron chi connectivity index (χ1n) is 8.91. The second-order valence-electron chi connectivity index (χ2n) is 5.78. The lowest BCUT2D eigenvalue weighted by Crippen LogP contribution is -2.40. The van der Waals surface area contributed by atoms with E-state index in [4.69, 9.17) is 0 Å². The molecule has 1 unspecified atom stereocenters. The lowest BCUT2D eigenvalue weighted by molar-refractivity contribution is -0.114. The SMILES string of the molecule is CCCCC(CC)CNC(=NCC(=O)Nc1cccnc1)NCC.I. The Morgan fingerprint density at radius 2 is 2.08 bits per heavy atom. The predicted molar refractivity (Wildman–Crippen MR) is 116 cm³/mol. The van der Waals surface area contributed by atoms with E-state index < -0.39 is 0 Å². The van der Waals surface area contributed by atoms with Gasteiger partial charge in [0.1, 0.15) is 6.54 Å². The van der Waals surface area contributed by atoms with Crippen molar-refractivity contribution < 1.29 is 4.79 Å². The molecule has 1 rings (SSSR count). The van der Waals surface area contributed by atoms with E-state index in [1.165, 1.54) is 19.3 Å². The molecule has 6 nitrogen and oxygen atoms in total. The highest BCUT2D eigenvalue weighted by Gasteiger charge is 2.08. The zero-order chi connectivity index (χ0) is 17.6. The van der Waals surface area contributed by atoms with E-state index in [0.717, 1.165) is 19.5 Å². The number of nitrogens with zero attached hydrogens (tertiary/aromatic N) is 2. The first-order chi connectivity index (χ1) is 11.7. The topological polar surface area (TPSA) is 78.4 Å². The summed E-state index contributed by atoms with van der Waals surface area (Å²) in [4.78, 5) is 20.3. The first kappa shape index (κ1) is 23.6. The Bertz CT molecular complexity index is 495. The number of aromatic nitrogens is 1. The van der Waals surface area contributed by atoms with Crippen LogP contribution < -0.4 is 16.0 Å². The monoisotopic (exact) mass is 461 g/mol. The highest BCUT2D eigenvalue weighted by molar-refractivity contribution is 14.0. The summed E-state index contributed by atoms with van der Waals surface area (Å²) in [5.74, 6) is 1.17. The summed E-state index contributed by atoms with van der Waals surface area (Å²) in [7, 11) is 0. The minimum atomic E-state index is -0.154. The summed E-state index contributed by atoms with van der Waals surface area (Å²) in [6.45, 7) is 8.17. The normalized spacial score (nSPS) is 12.0. The average Bonchev–Trinajstić information content (AvgIpc) is 2.60. The Balaban J connectivity index is 0.00000576. The molecule has 0 spiro atoms. The van der Waals surface area contributed by atoms with Crippen LogP contribution in [0.4, 0.5) is 5.69 Å². The number of anilines is 1. The fourth-order valence-electron chi connectivity index (χ4n) is 2.31. The van der Waals surface area contributed by atoms with Gasteiger partial charge in [-0.1, -0.05) is 33.1 Å². The number of pyridine rings is 1. The van der Waals surface area contributed by atoms with E-state index in [9.17, 15) is 4.79 Å². The molecule has 0 bridgehead atoms. The fraction of sp³-hybridized carbons (Fsp3) is 0.611. The molecule has 1 amide bonds. The second kappa shape index (κ2) is 14.9. The molecular weight excluding hydrogens is 429 g/mol. The number of unbranched alkanes of at least 4 members (excludes halogenated alkanes) is 1. The molecule has 0 aliphatic carbocycles. The molecule has 0 saturated carbocycles. The van der Waals surface area contributed by atoms with Gasteiger partial charge >= 0.3 is 0 Å². The number of halogens is 1. The van der Waals surface area contributed by atoms with Gasteiger partial charge in [0.2, 0.25) is 5.91 Å². The summed E-state index contributed by atoms with van der Waals surface area (Å²) in [5.41, 5.74) is 0.682. The fourth-order valence-corrected chi connectivity index (χ4v) is 2.31. The number of hydrogen-bond donors (Lipinski definition) is 3. The summed E-state index contributed by atoms with van der Waals surface area (Å²) < 4.78 is 0. The van der Waals surface area contributed by atoms with Crippen LogP contribution in [0.1, 0.15) is 46.5 Å². The number of aliphatic imine (C=N–C) groups is 1. The van der Waals surface area contributed by atoms with Gasteiger partial charge in [-0.3, -0.25) is 9.78 Å². The van der Waals surface area contributed by atoms with E-state index in [1.54, 1.807) is 24.5 Å². The quantitative estimate of drug-likeness (QED) is 0.284. The van der Waals surface area contributed by atoms with Gasteiger partial charge in [0, 0.05) is 19.3 Å². The molecule has 1 aromatic heterocycles. The van der Waals surface area contributed by atoms with Crippen LogP contribution in [0.2, 0.25) is 0 Å². The van der Waals surface area contributed by atoms with Crippen molar-refractivity contribution in [1.82, 2.24) is 15.6 Å². The minimum Gasteiger partial charge on any atom is -0.357 e. The second-order valence-corrected chi connectivity index (χ2v) is 5.78. The predicted octanol–water partition coefficient (Wildman–Crippen LogP) is 3.41. The maximum Gasteiger partial charge on any atom is 0.246 e. The van der Waals surface area contributed by atoms with Crippen molar-refractivity contribution >= 4 is 41.5 Å². The molecule has 0 radical (unpaired) electrons. The van der Waals surface area contributed by atoms with E-state index in [-0.39, 0.29) is 36.4 Å². The van der Waals surface area contributed by atoms with Crippen molar-refractivity contribution in [3.8, 4) is 0 Å². The lowest BCUT2D eigenvalue weighted by atomic mass is 9.99. The zero-order valence-electron chi connectivity index (χ0n) is 15.5. The number of nitrogens with one attached hydrogen (secondary N) is 3. The maximum atomic E-state index is 12.0. The molecule has 1 aromatic rings. The van der Waals surface area contributed by atoms with Crippen molar-refractivity contribution in [2.75, 3.05) is 25.0 Å². The van der Waals surface area contributed by atoms with Gasteiger partial charge in [-0.2, -0.15) is 0 Å². The Kier molecular flexibility index (Phi) is 14.1. The van der Waals surface area contributed by atoms with Crippen LogP contribution in [0.25, 0.3) is 0 Å². The Labute approximate surface area is 168 Å². The van der Waals surface area contributed by atoms with Gasteiger partial charge in [-0.25, -0.2) is 4.99 Å². The van der Waals surface area contributed by atoms with Crippen LogP contribution in [0.5, 0.6) is 0 Å². The van der Waals surface area contributed by atoms with E-state index >= 15 is 0 Å². The molecule has 0 aliphatic rings. The average molecular weight is 461 g/mol. The largest absolute Gasteiger partial charge is 0.357 e. The number of amides is 1. The lowest BCUT2D eigenvalue weighted by Gasteiger charge is -2.17. The summed E-state index contributed by atoms with van der Waals surface area (Å²) in [6.07, 6.45) is 8.13. The van der Waals surface area contributed by atoms with Gasteiger partial charge in [-0.05, 0) is 31.4 Å². The number of rotatable bonds is 10. The number of carbonyl (C=O) groups excluding carboxylic acids is 1. The molecular formula is C18H32IN5O. The smallest absolute Gasteiger partial charge is 0.246 e. The Hall–Kier alpha value is -1.38. The van der Waals surface area contributed by atoms with E-state index in [1.807, 2.05) is 6.92 Å². The van der Waals surface area contributed by atoms with Crippen molar-refractivity contribution in [2.45, 2.75) is 46.5 Å². The molecule has 25 heavy (non-hydrogen) atoms. The summed E-state index contributed by atoms with van der Waals surface area (Å²) in [5, 5.41) is 9.31. The third-order valence-electron chi connectivity index (χ3n) is 3.77. The molecule has 3 N–H and O–H groups in total. The molecule has 0 saturated heterocycles. The third-order valence-corrected chi connectivity index (χ3v) is 3.77. The number of carbonyl (C=O) groups is 1. The van der Waals surface area contributed by atoms with Crippen LogP contribution in [-0.2, 0) is 4.79 Å². The maximum absolute atomic E-state index is 12.0. The summed E-state index contributed by atoms with van der Waals surface area (Å²) in [6, 6.07) is 3.59. The summed E-state index contributed by atoms with van der Waals surface area (Å²) >= 11 is 0. The number of guanidine groups is 1. The van der Waals surface area contributed by atoms with Gasteiger partial charge in [-0.15, -0.1) is 24.0 Å². The third kappa shape index (κ3) is 11.0. The van der Waals surface area contributed by atoms with Crippen molar-refractivity contribution in [3.63, 3.8) is 0 Å². The standard InChI is InChI=1S/C18H31N5O.HI/c1-4-7-9-15(5-2)12-21-18(20-6-3)22-14-17(24)23-16-10-8-11-19-13-16;/h8,10-11,13,15H,4-7,9,12,14H2,1-3H3,(H,23,24)(H2,20,21,22);1H. The molecule has 7 heteroatoms. The minimum absolute atomic E-state index is 0. The molecule has 0 aliphatic heterocycles. The first-order valence-corrected chi connectivity index (χ1v) is 8.91. The van der Waals surface area contributed by atoms with E-state index in [2.05, 4.69) is 39.8 Å². The van der Waals surface area contributed by atoms with Gasteiger partial charge < -0.3 is 16.0 Å². The van der Waals surface area contributed by atoms with Crippen LogP contribution in [0.3, 0.4) is 0 Å². The van der Waals surface area contributed by atoms with Gasteiger partial charge in [0.25, 0.3) is 0 Å². The Morgan fingerprint density at radius 1 is 1.28 bits per heavy atom. The molecule has 1 atom stereocenters. The van der Waals surface area contributed by atoms with E-state index in [0.29, 0.717) is 17.6 Å². The zero-order valence-corrected chi connectivity index (χ0v) is 17.9. The molecule has 0 aromatic carbocycles. The number of hydrogen-bond acceptors (Lipinski definition) is 3. The van der Waals surface area contributed by atoms with Crippen LogP contribution in [0.15, 0.2) is 29.5 Å². The van der Waals surface area contributed by atoms with Crippen LogP contribution >= 0.6 is 24.0 Å². The van der Waals surface area contributed by atoms with Crippen LogP contribution in [0, 0.1) is 5.92 Å². The molecule has 0 fully saturated rings. The molecule has 142 valence electrons. The van der Waals surface area contributed by atoms with Crippen molar-refractivity contribution in [1.29, 1.82) is 0 Å². The van der Waals surface area contributed by atoms with Gasteiger partial charge in [0.05, 0.1) is 11.9 Å². The van der Waals surface area contributed by atoms with Crippen LogP contribution in [-0.4, -0.2) is 36.5 Å². The highest BCUT2D eigenvalue weighted by Crippen LogP contribution is 2.11. The van der Waals surface area contributed by atoms with Crippen molar-refractivity contribution in [2.24, 2.45) is 10.9 Å². The Morgan fingerprint density at radius 3 is 2.68 bits per heavy atom. The van der Waals surface area contributed by atoms with Gasteiger partial charge in [0.15, 0.2) is 5.96 Å². The highest BCUT2D eigenvalue weighted by atomic mass is 127. The molecule has 1 heterocycles.